The first-order valence-corrected chi connectivity index (χ1v) is 8.34. The SMILES string of the molecule is [C-]#[N+]c1cn2c(-c3cccc(NC4CCCC4)n3)cnc2cc1C. The minimum atomic E-state index is 0.534. The second-order valence-corrected chi connectivity index (χ2v) is 6.36. The average molecular weight is 317 g/mol. The van der Waals surface area contributed by atoms with Crippen molar-refractivity contribution in [1.82, 2.24) is 14.4 Å². The lowest BCUT2D eigenvalue weighted by molar-refractivity contribution is 0.751. The topological polar surface area (TPSA) is 46.6 Å². The van der Waals surface area contributed by atoms with Crippen molar-refractivity contribution in [2.45, 2.75) is 38.6 Å². The van der Waals surface area contributed by atoms with Crippen molar-refractivity contribution < 1.29 is 0 Å². The lowest BCUT2D eigenvalue weighted by Gasteiger charge is -2.13. The molecule has 0 saturated heterocycles. The van der Waals surface area contributed by atoms with E-state index in [0.29, 0.717) is 11.7 Å². The van der Waals surface area contributed by atoms with Gasteiger partial charge in [-0.3, -0.25) is 0 Å². The van der Waals surface area contributed by atoms with Crippen molar-refractivity contribution >= 4 is 17.2 Å². The van der Waals surface area contributed by atoms with E-state index in [4.69, 9.17) is 11.6 Å². The Morgan fingerprint density at radius 3 is 2.92 bits per heavy atom. The largest absolute Gasteiger partial charge is 0.367 e. The number of anilines is 1. The zero-order valence-electron chi connectivity index (χ0n) is 13.7. The molecule has 0 radical (unpaired) electrons. The van der Waals surface area contributed by atoms with Gasteiger partial charge in [-0.15, -0.1) is 0 Å². The molecule has 5 heteroatoms. The minimum Gasteiger partial charge on any atom is -0.367 e. The number of imidazole rings is 1. The molecule has 1 aliphatic carbocycles. The second kappa shape index (κ2) is 5.97. The maximum absolute atomic E-state index is 7.31. The van der Waals surface area contributed by atoms with E-state index in [-0.39, 0.29) is 0 Å². The summed E-state index contributed by atoms with van der Waals surface area (Å²) < 4.78 is 1.95. The molecule has 0 aliphatic heterocycles. The lowest BCUT2D eigenvalue weighted by atomic mass is 10.2. The van der Waals surface area contributed by atoms with E-state index in [1.807, 2.05) is 48.0 Å². The van der Waals surface area contributed by atoms with Crippen molar-refractivity contribution in [1.29, 1.82) is 0 Å². The van der Waals surface area contributed by atoms with Gasteiger partial charge in [-0.1, -0.05) is 18.9 Å². The van der Waals surface area contributed by atoms with Crippen LogP contribution in [-0.2, 0) is 0 Å². The normalized spacial score (nSPS) is 14.8. The van der Waals surface area contributed by atoms with E-state index < -0.39 is 0 Å². The van der Waals surface area contributed by atoms with Gasteiger partial charge in [0.05, 0.1) is 24.2 Å². The van der Waals surface area contributed by atoms with E-state index in [2.05, 4.69) is 15.1 Å². The lowest BCUT2D eigenvalue weighted by Crippen LogP contribution is -2.15. The highest BCUT2D eigenvalue weighted by Crippen LogP contribution is 2.27. The molecule has 3 heterocycles. The molecule has 3 aromatic rings. The predicted octanol–water partition coefficient (Wildman–Crippen LogP) is 4.61. The summed E-state index contributed by atoms with van der Waals surface area (Å²) in [4.78, 5) is 12.8. The number of hydrogen-bond acceptors (Lipinski definition) is 3. The summed E-state index contributed by atoms with van der Waals surface area (Å²) >= 11 is 0. The smallest absolute Gasteiger partial charge is 0.206 e. The Balaban J connectivity index is 1.73. The maximum atomic E-state index is 7.31. The fourth-order valence-electron chi connectivity index (χ4n) is 3.35. The van der Waals surface area contributed by atoms with Crippen molar-refractivity contribution in [3.8, 4) is 11.4 Å². The van der Waals surface area contributed by atoms with Crippen LogP contribution in [0, 0.1) is 13.5 Å². The average Bonchev–Trinajstić information content (AvgIpc) is 3.23. The highest BCUT2D eigenvalue weighted by molar-refractivity contribution is 5.66. The van der Waals surface area contributed by atoms with E-state index in [9.17, 15) is 0 Å². The zero-order valence-corrected chi connectivity index (χ0v) is 13.7. The highest BCUT2D eigenvalue weighted by atomic mass is 15.1. The van der Waals surface area contributed by atoms with Crippen LogP contribution in [0.25, 0.3) is 21.9 Å². The maximum Gasteiger partial charge on any atom is 0.206 e. The Morgan fingerprint density at radius 2 is 2.12 bits per heavy atom. The number of pyridine rings is 2. The number of nitrogens with zero attached hydrogens (tertiary/aromatic N) is 4. The predicted molar refractivity (Wildman–Crippen MR) is 95.3 cm³/mol. The molecular formula is C19H19N5. The molecular weight excluding hydrogens is 298 g/mol. The van der Waals surface area contributed by atoms with Gasteiger partial charge in [-0.25, -0.2) is 14.8 Å². The van der Waals surface area contributed by atoms with E-state index in [1.165, 1.54) is 25.7 Å². The van der Waals surface area contributed by atoms with Crippen LogP contribution in [0.4, 0.5) is 11.5 Å². The van der Waals surface area contributed by atoms with Crippen molar-refractivity contribution in [3.63, 3.8) is 0 Å². The quantitative estimate of drug-likeness (QED) is 0.718. The number of nitrogens with one attached hydrogen (secondary N) is 1. The van der Waals surface area contributed by atoms with Gasteiger partial charge in [0.25, 0.3) is 0 Å². The molecule has 0 aromatic carbocycles. The molecule has 1 saturated carbocycles. The van der Waals surface area contributed by atoms with E-state index in [0.717, 1.165) is 28.4 Å². The monoisotopic (exact) mass is 317 g/mol. The summed E-state index contributed by atoms with van der Waals surface area (Å²) in [6.07, 6.45) is 8.69. The third-order valence-electron chi connectivity index (χ3n) is 4.67. The van der Waals surface area contributed by atoms with Crippen LogP contribution in [0.3, 0.4) is 0 Å². The van der Waals surface area contributed by atoms with Crippen LogP contribution in [-0.4, -0.2) is 20.4 Å². The summed E-state index contributed by atoms with van der Waals surface area (Å²) in [5, 5.41) is 3.53. The molecule has 0 unspecified atom stereocenters. The Bertz CT molecular complexity index is 929. The minimum absolute atomic E-state index is 0.534. The Kier molecular flexibility index (Phi) is 3.66. The molecule has 1 N–H and O–H groups in total. The van der Waals surface area contributed by atoms with Gasteiger partial charge in [0.2, 0.25) is 5.69 Å². The van der Waals surface area contributed by atoms with Crippen LogP contribution in [0.15, 0.2) is 36.7 Å². The van der Waals surface area contributed by atoms with Crippen LogP contribution in [0.5, 0.6) is 0 Å². The van der Waals surface area contributed by atoms with Gasteiger partial charge >= 0.3 is 0 Å². The van der Waals surface area contributed by atoms with Gasteiger partial charge in [-0.05, 0) is 43.5 Å². The summed E-state index contributed by atoms with van der Waals surface area (Å²) in [6.45, 7) is 9.25. The number of fused-ring (bicyclic) bond motifs is 1. The highest BCUT2D eigenvalue weighted by Gasteiger charge is 2.16. The van der Waals surface area contributed by atoms with Crippen molar-refractivity contribution in [2.24, 2.45) is 0 Å². The van der Waals surface area contributed by atoms with Crippen molar-refractivity contribution in [3.05, 3.63) is 53.6 Å². The second-order valence-electron chi connectivity index (χ2n) is 6.36. The summed E-state index contributed by atoms with van der Waals surface area (Å²) in [7, 11) is 0. The molecule has 0 amide bonds. The summed E-state index contributed by atoms with van der Waals surface area (Å²) in [6, 6.07) is 8.49. The third kappa shape index (κ3) is 2.61. The molecule has 120 valence electrons. The number of aromatic nitrogens is 3. The zero-order chi connectivity index (χ0) is 16.5. The van der Waals surface area contributed by atoms with Gasteiger partial charge in [0.1, 0.15) is 11.5 Å². The number of aryl methyl sites for hydroxylation is 1. The van der Waals surface area contributed by atoms with Crippen LogP contribution in [0.1, 0.15) is 31.2 Å². The summed E-state index contributed by atoms with van der Waals surface area (Å²) in [5.41, 5.74) is 4.20. The Hall–Kier alpha value is -2.87. The van der Waals surface area contributed by atoms with Gasteiger partial charge < -0.3 is 9.72 Å². The Morgan fingerprint density at radius 1 is 1.29 bits per heavy atom. The first-order valence-electron chi connectivity index (χ1n) is 8.34. The number of rotatable bonds is 3. The van der Waals surface area contributed by atoms with Crippen molar-refractivity contribution in [2.75, 3.05) is 5.32 Å². The molecule has 5 nitrogen and oxygen atoms in total. The fraction of sp³-hybridized carbons (Fsp3) is 0.316. The third-order valence-corrected chi connectivity index (χ3v) is 4.67. The van der Waals surface area contributed by atoms with E-state index >= 15 is 0 Å². The molecule has 3 aromatic heterocycles. The molecule has 0 atom stereocenters. The van der Waals surface area contributed by atoms with Gasteiger partial charge in [0.15, 0.2) is 0 Å². The molecule has 4 rings (SSSR count). The van der Waals surface area contributed by atoms with E-state index in [1.54, 1.807) is 0 Å². The van der Waals surface area contributed by atoms with Gasteiger partial charge in [-0.2, -0.15) is 0 Å². The van der Waals surface area contributed by atoms with Crippen LogP contribution >= 0.6 is 0 Å². The summed E-state index contributed by atoms with van der Waals surface area (Å²) in [5.74, 6) is 0.909. The van der Waals surface area contributed by atoms with Gasteiger partial charge in [0, 0.05) is 12.2 Å². The Labute approximate surface area is 141 Å². The molecule has 0 spiro atoms. The number of hydrogen-bond donors (Lipinski definition) is 1. The molecule has 1 fully saturated rings. The molecule has 24 heavy (non-hydrogen) atoms. The standard InChI is InChI=1S/C19H19N5/c1-13-10-19-21-11-17(24(19)12-16(13)20-2)15-8-5-9-18(23-15)22-14-6-3-4-7-14/h5,8-12,14H,3-4,6-7H2,1H3,(H,22,23). The fourth-order valence-corrected chi connectivity index (χ4v) is 3.35. The molecule has 0 bridgehead atoms. The van der Waals surface area contributed by atoms with Crippen LogP contribution in [0.2, 0.25) is 0 Å². The molecule has 1 aliphatic rings. The first kappa shape index (κ1) is 14.7. The van der Waals surface area contributed by atoms with Crippen LogP contribution < -0.4 is 5.32 Å². The first-order chi connectivity index (χ1) is 11.7.